The quantitative estimate of drug-likeness (QED) is 0.916. The van der Waals surface area contributed by atoms with Crippen molar-refractivity contribution in [3.05, 3.63) is 64.7 Å². The maximum Gasteiger partial charge on any atom is 0.123 e. The Hall–Kier alpha value is -1.84. The summed E-state index contributed by atoms with van der Waals surface area (Å²) in [6.07, 6.45) is 1.94. The first-order valence-corrected chi connectivity index (χ1v) is 8.82. The van der Waals surface area contributed by atoms with Crippen LogP contribution in [-0.4, -0.2) is 43.4 Å². The number of ether oxygens (including phenoxy) is 1. The molecule has 126 valence electrons. The minimum atomic E-state index is -0.469. The molecule has 0 fully saturated rings. The van der Waals surface area contributed by atoms with E-state index in [1.54, 1.807) is 0 Å². The van der Waals surface area contributed by atoms with Gasteiger partial charge in [-0.15, -0.1) is 0 Å². The fourth-order valence-electron chi connectivity index (χ4n) is 4.44. The van der Waals surface area contributed by atoms with Gasteiger partial charge in [0.15, 0.2) is 0 Å². The minimum Gasteiger partial charge on any atom is -0.491 e. The van der Waals surface area contributed by atoms with Crippen LogP contribution in [0.2, 0.25) is 0 Å². The molecule has 0 amide bonds. The monoisotopic (exact) mass is 323 g/mol. The Labute approximate surface area is 143 Å². The molecule has 5 rings (SSSR count). The van der Waals surface area contributed by atoms with Crippen LogP contribution in [0.4, 0.5) is 0 Å². The first kappa shape index (κ1) is 15.7. The number of aliphatic hydroxyl groups excluding tert-OH is 1. The van der Waals surface area contributed by atoms with Crippen molar-refractivity contribution in [2.45, 2.75) is 30.8 Å². The van der Waals surface area contributed by atoms with Crippen LogP contribution in [-0.2, 0) is 0 Å². The second kappa shape index (κ2) is 6.23. The van der Waals surface area contributed by atoms with E-state index < -0.39 is 6.10 Å². The van der Waals surface area contributed by atoms with Crippen LogP contribution in [0, 0.1) is 0 Å². The van der Waals surface area contributed by atoms with Crippen molar-refractivity contribution in [1.29, 1.82) is 0 Å². The maximum absolute atomic E-state index is 10.1. The van der Waals surface area contributed by atoms with Gasteiger partial charge in [0.05, 0.1) is 0 Å². The second-order valence-electron chi connectivity index (χ2n) is 7.30. The molecule has 3 atom stereocenters. The Morgan fingerprint density at radius 2 is 1.67 bits per heavy atom. The highest BCUT2D eigenvalue weighted by Gasteiger charge is 2.38. The average molecular weight is 323 g/mol. The molecule has 0 aliphatic heterocycles. The minimum absolute atomic E-state index is 0.341. The van der Waals surface area contributed by atoms with Crippen LogP contribution < -0.4 is 4.74 Å². The Morgan fingerprint density at radius 1 is 1.00 bits per heavy atom. The molecular formula is C21H25NO2. The highest BCUT2D eigenvalue weighted by Crippen LogP contribution is 2.55. The first-order chi connectivity index (χ1) is 11.6. The van der Waals surface area contributed by atoms with Crippen LogP contribution in [0.3, 0.4) is 0 Å². The predicted molar refractivity (Wildman–Crippen MR) is 95.9 cm³/mol. The standard InChI is InChI=1S/C21H25NO2/c1-22(2)12-14(23)13-24-20-9-5-8-18-17-10-11-19(21(18)20)16-7-4-3-6-15(16)17/h3-9,14,17,19,23H,10-13H2,1-2H3. The molecule has 3 unspecified atom stereocenters. The zero-order valence-corrected chi connectivity index (χ0v) is 14.4. The van der Waals surface area contributed by atoms with E-state index in [2.05, 4.69) is 42.5 Å². The SMILES string of the molecule is CN(C)CC(O)COc1cccc2c1C1CCC2c2ccccc21. The predicted octanol–water partition coefficient (Wildman–Crippen LogP) is 3.36. The topological polar surface area (TPSA) is 32.7 Å². The third kappa shape index (κ3) is 2.62. The van der Waals surface area contributed by atoms with Gasteiger partial charge in [-0.25, -0.2) is 0 Å². The fraction of sp³-hybridized carbons (Fsp3) is 0.429. The van der Waals surface area contributed by atoms with Gasteiger partial charge in [-0.1, -0.05) is 36.4 Å². The van der Waals surface area contributed by atoms with Crippen molar-refractivity contribution in [2.24, 2.45) is 0 Å². The molecule has 24 heavy (non-hydrogen) atoms. The molecule has 1 N–H and O–H groups in total. The molecule has 3 heteroatoms. The molecule has 3 aliphatic rings. The lowest BCUT2D eigenvalue weighted by molar-refractivity contribution is 0.0824. The smallest absolute Gasteiger partial charge is 0.123 e. The number of rotatable bonds is 5. The van der Waals surface area contributed by atoms with Gasteiger partial charge in [-0.3, -0.25) is 0 Å². The first-order valence-electron chi connectivity index (χ1n) is 8.82. The van der Waals surface area contributed by atoms with Crippen LogP contribution in [0.25, 0.3) is 0 Å². The molecule has 0 heterocycles. The summed E-state index contributed by atoms with van der Waals surface area (Å²) in [6.45, 7) is 0.956. The van der Waals surface area contributed by atoms with Gasteiger partial charge in [-0.05, 0) is 49.7 Å². The molecule has 0 radical (unpaired) electrons. The van der Waals surface area contributed by atoms with Gasteiger partial charge >= 0.3 is 0 Å². The lowest BCUT2D eigenvalue weighted by Gasteiger charge is -2.41. The van der Waals surface area contributed by atoms with E-state index in [1.807, 2.05) is 19.0 Å². The summed E-state index contributed by atoms with van der Waals surface area (Å²) >= 11 is 0. The largest absolute Gasteiger partial charge is 0.491 e. The molecule has 3 aliphatic carbocycles. The molecule has 0 spiro atoms. The third-order valence-electron chi connectivity index (χ3n) is 5.32. The second-order valence-corrected chi connectivity index (χ2v) is 7.30. The molecule has 2 aromatic carbocycles. The van der Waals surface area contributed by atoms with E-state index in [1.165, 1.54) is 35.1 Å². The van der Waals surface area contributed by atoms with Gasteiger partial charge in [-0.2, -0.15) is 0 Å². The number of likely N-dealkylation sites (N-methyl/N-ethyl adjacent to an activating group) is 1. The van der Waals surface area contributed by atoms with E-state index in [9.17, 15) is 5.11 Å². The summed E-state index contributed by atoms with van der Waals surface area (Å²) in [7, 11) is 3.92. The average Bonchev–Trinajstić information content (AvgIpc) is 2.60. The van der Waals surface area contributed by atoms with Crippen LogP contribution in [0.5, 0.6) is 5.75 Å². The van der Waals surface area contributed by atoms with Crippen molar-refractivity contribution >= 4 is 0 Å². The lowest BCUT2D eigenvalue weighted by atomic mass is 9.63. The van der Waals surface area contributed by atoms with Crippen molar-refractivity contribution in [2.75, 3.05) is 27.2 Å². The number of nitrogens with zero attached hydrogens (tertiary/aromatic N) is 1. The number of fused-ring (bicyclic) bond motifs is 1. The number of hydrogen-bond donors (Lipinski definition) is 1. The van der Waals surface area contributed by atoms with E-state index in [4.69, 9.17) is 4.74 Å². The summed E-state index contributed by atoms with van der Waals surface area (Å²) in [5.74, 6) is 1.88. The van der Waals surface area contributed by atoms with Gasteiger partial charge in [0, 0.05) is 23.9 Å². The van der Waals surface area contributed by atoms with Gasteiger partial charge in [0.1, 0.15) is 18.5 Å². The number of benzene rings is 2. The molecule has 2 aromatic rings. The van der Waals surface area contributed by atoms with Crippen molar-refractivity contribution in [3.63, 3.8) is 0 Å². The van der Waals surface area contributed by atoms with Crippen LogP contribution >= 0.6 is 0 Å². The third-order valence-corrected chi connectivity index (χ3v) is 5.32. The Bertz CT molecular complexity index is 740. The highest BCUT2D eigenvalue weighted by atomic mass is 16.5. The number of aliphatic hydroxyl groups is 1. The Morgan fingerprint density at radius 3 is 2.42 bits per heavy atom. The summed E-state index contributed by atoms with van der Waals surface area (Å²) in [5, 5.41) is 10.1. The molecule has 0 saturated carbocycles. The summed E-state index contributed by atoms with van der Waals surface area (Å²) in [6, 6.07) is 15.3. The van der Waals surface area contributed by atoms with Crippen LogP contribution in [0.1, 0.15) is 46.9 Å². The summed E-state index contributed by atoms with van der Waals surface area (Å²) < 4.78 is 6.06. The van der Waals surface area contributed by atoms with Gasteiger partial charge < -0.3 is 14.7 Å². The molecule has 0 aromatic heterocycles. The number of hydrogen-bond acceptors (Lipinski definition) is 3. The van der Waals surface area contributed by atoms with E-state index in [0.717, 1.165) is 5.75 Å². The Balaban J connectivity index is 1.64. The summed E-state index contributed by atoms with van der Waals surface area (Å²) in [4.78, 5) is 1.98. The van der Waals surface area contributed by atoms with Crippen molar-refractivity contribution in [1.82, 2.24) is 4.90 Å². The highest BCUT2D eigenvalue weighted by molar-refractivity contribution is 5.59. The summed E-state index contributed by atoms with van der Waals surface area (Å²) in [5.41, 5.74) is 5.73. The van der Waals surface area contributed by atoms with E-state index in [0.29, 0.717) is 25.0 Å². The normalized spacial score (nSPS) is 22.2. The lowest BCUT2D eigenvalue weighted by Crippen LogP contribution is -2.31. The van der Waals surface area contributed by atoms with Gasteiger partial charge in [0.25, 0.3) is 0 Å². The maximum atomic E-state index is 10.1. The zero-order valence-electron chi connectivity index (χ0n) is 14.4. The van der Waals surface area contributed by atoms with E-state index >= 15 is 0 Å². The van der Waals surface area contributed by atoms with Gasteiger partial charge in [0.2, 0.25) is 0 Å². The molecule has 0 saturated heterocycles. The Kier molecular flexibility index (Phi) is 4.07. The van der Waals surface area contributed by atoms with E-state index in [-0.39, 0.29) is 0 Å². The van der Waals surface area contributed by atoms with Crippen molar-refractivity contribution in [3.8, 4) is 5.75 Å². The molecular weight excluding hydrogens is 298 g/mol. The molecule has 2 bridgehead atoms. The fourth-order valence-corrected chi connectivity index (χ4v) is 4.44. The van der Waals surface area contributed by atoms with Crippen LogP contribution in [0.15, 0.2) is 42.5 Å². The molecule has 3 nitrogen and oxygen atoms in total. The van der Waals surface area contributed by atoms with Crippen molar-refractivity contribution < 1.29 is 9.84 Å². The zero-order chi connectivity index (χ0) is 16.7.